The van der Waals surface area contributed by atoms with Gasteiger partial charge in [-0.25, -0.2) is 0 Å². The van der Waals surface area contributed by atoms with Crippen molar-refractivity contribution >= 4 is 5.97 Å². The van der Waals surface area contributed by atoms with Crippen molar-refractivity contribution in [3.8, 4) is 0 Å². The van der Waals surface area contributed by atoms with Crippen molar-refractivity contribution in [1.29, 1.82) is 0 Å². The number of aromatic nitrogens is 1. The molecule has 1 heterocycles. The van der Waals surface area contributed by atoms with Crippen molar-refractivity contribution in [2.45, 2.75) is 26.3 Å². The molecule has 4 heteroatoms. The summed E-state index contributed by atoms with van der Waals surface area (Å²) in [6.07, 6.45) is 1.85. The highest BCUT2D eigenvalue weighted by atomic mass is 16.4. The van der Waals surface area contributed by atoms with Crippen LogP contribution in [0.4, 0.5) is 0 Å². The second kappa shape index (κ2) is 3.84. The first kappa shape index (κ1) is 10.8. The summed E-state index contributed by atoms with van der Waals surface area (Å²) in [4.78, 5) is 13.6. The van der Waals surface area contributed by atoms with E-state index in [9.17, 15) is 4.79 Å². The largest absolute Gasteiger partial charge is 0.481 e. The molecule has 0 spiro atoms. The summed E-state index contributed by atoms with van der Waals surface area (Å²) in [5.74, 6) is -0.822. The van der Waals surface area contributed by atoms with E-state index >= 15 is 0 Å². The van der Waals surface area contributed by atoms with Crippen LogP contribution in [0.15, 0.2) is 18.3 Å². The molecular formula is C10H16N2O2. The van der Waals surface area contributed by atoms with E-state index in [4.69, 9.17) is 10.8 Å². The van der Waals surface area contributed by atoms with Crippen LogP contribution in [0, 0.1) is 5.41 Å². The van der Waals surface area contributed by atoms with Crippen molar-refractivity contribution in [3.05, 3.63) is 24.0 Å². The average Bonchev–Trinajstić information content (AvgIpc) is 2.51. The summed E-state index contributed by atoms with van der Waals surface area (Å²) >= 11 is 0. The van der Waals surface area contributed by atoms with E-state index in [0.29, 0.717) is 0 Å². The normalized spacial score (nSPS) is 13.9. The monoisotopic (exact) mass is 196 g/mol. The van der Waals surface area contributed by atoms with Gasteiger partial charge in [0, 0.05) is 11.9 Å². The second-order valence-corrected chi connectivity index (χ2v) is 4.16. The predicted molar refractivity (Wildman–Crippen MR) is 53.8 cm³/mol. The Labute approximate surface area is 83.1 Å². The average molecular weight is 196 g/mol. The molecule has 0 aliphatic carbocycles. The number of hydrogen-bond donors (Lipinski definition) is 3. The van der Waals surface area contributed by atoms with Gasteiger partial charge < -0.3 is 15.8 Å². The van der Waals surface area contributed by atoms with Crippen LogP contribution in [0.25, 0.3) is 0 Å². The Morgan fingerprint density at radius 3 is 2.79 bits per heavy atom. The Hall–Kier alpha value is -1.29. The van der Waals surface area contributed by atoms with Crippen LogP contribution in [0.2, 0.25) is 0 Å². The molecule has 0 saturated heterocycles. The quantitative estimate of drug-likeness (QED) is 0.683. The lowest BCUT2D eigenvalue weighted by Gasteiger charge is -2.29. The summed E-state index contributed by atoms with van der Waals surface area (Å²) in [6, 6.07) is 3.44. The van der Waals surface area contributed by atoms with E-state index in [1.54, 1.807) is 6.20 Å². The zero-order valence-corrected chi connectivity index (χ0v) is 8.45. The number of carbonyl (C=O) groups is 1. The molecule has 0 fully saturated rings. The van der Waals surface area contributed by atoms with Gasteiger partial charge in [-0.05, 0) is 17.5 Å². The molecule has 1 unspecified atom stereocenters. The fourth-order valence-electron chi connectivity index (χ4n) is 1.46. The van der Waals surface area contributed by atoms with Gasteiger partial charge in [0.2, 0.25) is 0 Å². The molecule has 0 saturated carbocycles. The first-order chi connectivity index (χ1) is 6.43. The maximum atomic E-state index is 10.6. The van der Waals surface area contributed by atoms with Crippen LogP contribution < -0.4 is 5.73 Å². The van der Waals surface area contributed by atoms with Gasteiger partial charge in [0.05, 0.1) is 12.5 Å². The lowest BCUT2D eigenvalue weighted by Crippen LogP contribution is -2.31. The molecule has 1 aromatic heterocycles. The smallest absolute Gasteiger partial charge is 0.303 e. The van der Waals surface area contributed by atoms with Gasteiger partial charge in [0.25, 0.3) is 0 Å². The zero-order valence-electron chi connectivity index (χ0n) is 8.45. The molecule has 4 N–H and O–H groups in total. The number of rotatable bonds is 4. The maximum absolute atomic E-state index is 10.6. The van der Waals surface area contributed by atoms with Gasteiger partial charge in [-0.3, -0.25) is 4.79 Å². The summed E-state index contributed by atoms with van der Waals surface area (Å²) in [6.45, 7) is 3.71. The highest BCUT2D eigenvalue weighted by Gasteiger charge is 2.30. The Balaban J connectivity index is 2.77. The number of H-pyrrole nitrogens is 1. The van der Waals surface area contributed by atoms with E-state index in [1.807, 2.05) is 26.0 Å². The molecule has 0 bridgehead atoms. The van der Waals surface area contributed by atoms with Gasteiger partial charge >= 0.3 is 5.97 Å². The van der Waals surface area contributed by atoms with Crippen molar-refractivity contribution < 1.29 is 9.90 Å². The number of aliphatic carboxylic acids is 1. The van der Waals surface area contributed by atoms with E-state index < -0.39 is 11.4 Å². The summed E-state index contributed by atoms with van der Waals surface area (Å²) < 4.78 is 0. The first-order valence-electron chi connectivity index (χ1n) is 4.54. The summed E-state index contributed by atoms with van der Waals surface area (Å²) in [7, 11) is 0. The van der Waals surface area contributed by atoms with Gasteiger partial charge in [0.15, 0.2) is 0 Å². The minimum Gasteiger partial charge on any atom is -0.481 e. The van der Waals surface area contributed by atoms with E-state index in [0.717, 1.165) is 5.69 Å². The van der Waals surface area contributed by atoms with Crippen LogP contribution >= 0.6 is 0 Å². The minimum absolute atomic E-state index is 0.0627. The first-order valence-corrected chi connectivity index (χ1v) is 4.54. The van der Waals surface area contributed by atoms with Gasteiger partial charge in [-0.15, -0.1) is 0 Å². The van der Waals surface area contributed by atoms with Gasteiger partial charge in [-0.2, -0.15) is 0 Å². The summed E-state index contributed by atoms with van der Waals surface area (Å²) in [5, 5.41) is 8.73. The molecule has 0 aromatic carbocycles. The van der Waals surface area contributed by atoms with Crippen LogP contribution in [0.1, 0.15) is 32.0 Å². The molecular weight excluding hydrogens is 180 g/mol. The van der Waals surface area contributed by atoms with E-state index in [2.05, 4.69) is 4.98 Å². The van der Waals surface area contributed by atoms with Crippen molar-refractivity contribution in [2.24, 2.45) is 11.1 Å². The van der Waals surface area contributed by atoms with Crippen LogP contribution in [-0.4, -0.2) is 16.1 Å². The van der Waals surface area contributed by atoms with Crippen molar-refractivity contribution in [1.82, 2.24) is 4.98 Å². The Morgan fingerprint density at radius 1 is 1.71 bits per heavy atom. The zero-order chi connectivity index (χ0) is 10.8. The third-order valence-corrected chi connectivity index (χ3v) is 2.41. The molecule has 0 aliphatic rings. The fraction of sp³-hybridized carbons (Fsp3) is 0.500. The lowest BCUT2D eigenvalue weighted by molar-refractivity contribution is -0.139. The minimum atomic E-state index is -0.822. The van der Waals surface area contributed by atoms with Crippen molar-refractivity contribution in [2.75, 3.05) is 0 Å². The number of hydrogen-bond acceptors (Lipinski definition) is 2. The Morgan fingerprint density at radius 2 is 2.36 bits per heavy atom. The second-order valence-electron chi connectivity index (χ2n) is 4.16. The predicted octanol–water partition coefficient (Wildman–Crippen LogP) is 1.52. The third kappa shape index (κ3) is 2.35. The molecule has 14 heavy (non-hydrogen) atoms. The molecule has 0 radical (unpaired) electrons. The van der Waals surface area contributed by atoms with Gasteiger partial charge in [0.1, 0.15) is 0 Å². The molecule has 0 amide bonds. The molecule has 78 valence electrons. The SMILES string of the molecule is CC(C)(CC(=O)O)C(N)c1ccc[nH]1. The number of carboxylic acid groups (broad SMARTS) is 1. The highest BCUT2D eigenvalue weighted by Crippen LogP contribution is 2.33. The fourth-order valence-corrected chi connectivity index (χ4v) is 1.46. The molecule has 1 atom stereocenters. The van der Waals surface area contributed by atoms with Crippen LogP contribution in [0.3, 0.4) is 0 Å². The maximum Gasteiger partial charge on any atom is 0.303 e. The molecule has 0 aliphatic heterocycles. The Bertz CT molecular complexity index is 304. The van der Waals surface area contributed by atoms with Gasteiger partial charge in [-0.1, -0.05) is 13.8 Å². The van der Waals surface area contributed by atoms with Crippen molar-refractivity contribution in [3.63, 3.8) is 0 Å². The third-order valence-electron chi connectivity index (χ3n) is 2.41. The molecule has 1 rings (SSSR count). The number of nitrogens with one attached hydrogen (secondary N) is 1. The van der Waals surface area contributed by atoms with Crippen LogP contribution in [0.5, 0.6) is 0 Å². The number of nitrogens with two attached hydrogens (primary N) is 1. The molecule has 1 aromatic rings. The standard InChI is InChI=1S/C10H16N2O2/c1-10(2,6-8(13)14)9(11)7-4-3-5-12-7/h3-5,9,12H,6,11H2,1-2H3,(H,13,14). The summed E-state index contributed by atoms with van der Waals surface area (Å²) in [5.41, 5.74) is 6.39. The topological polar surface area (TPSA) is 79.1 Å². The lowest BCUT2D eigenvalue weighted by atomic mass is 9.80. The number of carboxylic acids is 1. The van der Waals surface area contributed by atoms with E-state index in [-0.39, 0.29) is 12.5 Å². The Kier molecular flexibility index (Phi) is 2.96. The molecule has 4 nitrogen and oxygen atoms in total. The van der Waals surface area contributed by atoms with E-state index in [1.165, 1.54) is 0 Å². The van der Waals surface area contributed by atoms with Crippen LogP contribution in [-0.2, 0) is 4.79 Å². The number of aromatic amines is 1. The highest BCUT2D eigenvalue weighted by molar-refractivity contribution is 5.67.